The number of ether oxygens (including phenoxy) is 1. The van der Waals surface area contributed by atoms with E-state index < -0.39 is 0 Å². The van der Waals surface area contributed by atoms with Gasteiger partial charge in [-0.1, -0.05) is 20.3 Å². The van der Waals surface area contributed by atoms with Crippen molar-refractivity contribution in [2.45, 2.75) is 64.5 Å². The van der Waals surface area contributed by atoms with E-state index in [1.165, 1.54) is 6.42 Å². The highest BCUT2D eigenvalue weighted by molar-refractivity contribution is 5.79. The van der Waals surface area contributed by atoms with Crippen LogP contribution in [0, 0.1) is 5.92 Å². The van der Waals surface area contributed by atoms with Crippen molar-refractivity contribution in [3.8, 4) is 0 Å². The zero-order chi connectivity index (χ0) is 12.3. The van der Waals surface area contributed by atoms with Gasteiger partial charge in [0.25, 0.3) is 0 Å². The average molecular weight is 239 g/mol. The Bertz CT molecular complexity index is 267. The number of fused-ring (bicyclic) bond motifs is 1. The number of rotatable bonds is 3. The minimum atomic E-state index is 0.180. The van der Waals surface area contributed by atoms with E-state index in [1.54, 1.807) is 0 Å². The SMILES string of the molecule is CCC[C@H](C)C(=O)N1CCCO[C@@H]2CCC[C@H]21. The molecule has 98 valence electrons. The summed E-state index contributed by atoms with van der Waals surface area (Å²) in [4.78, 5) is 14.6. The Labute approximate surface area is 105 Å². The molecule has 0 aromatic carbocycles. The van der Waals surface area contributed by atoms with Crippen LogP contribution in [0.25, 0.3) is 0 Å². The van der Waals surface area contributed by atoms with Crippen molar-refractivity contribution < 1.29 is 9.53 Å². The summed E-state index contributed by atoms with van der Waals surface area (Å²) < 4.78 is 5.85. The van der Waals surface area contributed by atoms with E-state index in [4.69, 9.17) is 4.74 Å². The molecule has 3 heteroatoms. The van der Waals surface area contributed by atoms with Gasteiger partial charge in [-0.2, -0.15) is 0 Å². The van der Waals surface area contributed by atoms with Crippen molar-refractivity contribution in [2.24, 2.45) is 5.92 Å². The van der Waals surface area contributed by atoms with Crippen LogP contribution in [0.2, 0.25) is 0 Å². The van der Waals surface area contributed by atoms with Crippen molar-refractivity contribution in [3.05, 3.63) is 0 Å². The molecule has 3 atom stereocenters. The first-order valence-corrected chi connectivity index (χ1v) is 7.16. The van der Waals surface area contributed by atoms with Crippen LogP contribution in [0.4, 0.5) is 0 Å². The highest BCUT2D eigenvalue weighted by Crippen LogP contribution is 2.30. The maximum atomic E-state index is 12.5. The van der Waals surface area contributed by atoms with Crippen LogP contribution >= 0.6 is 0 Å². The van der Waals surface area contributed by atoms with Crippen molar-refractivity contribution in [1.29, 1.82) is 0 Å². The van der Waals surface area contributed by atoms with Crippen LogP contribution in [-0.4, -0.2) is 36.1 Å². The molecule has 2 rings (SSSR count). The van der Waals surface area contributed by atoms with Crippen LogP contribution in [-0.2, 0) is 9.53 Å². The molecule has 1 saturated carbocycles. The van der Waals surface area contributed by atoms with Crippen LogP contribution in [0.3, 0.4) is 0 Å². The average Bonchev–Trinajstić information content (AvgIpc) is 2.69. The molecular weight excluding hydrogens is 214 g/mol. The Morgan fingerprint density at radius 3 is 3.00 bits per heavy atom. The summed E-state index contributed by atoms with van der Waals surface area (Å²) in [6.07, 6.45) is 6.89. The second kappa shape index (κ2) is 5.85. The van der Waals surface area contributed by atoms with Crippen LogP contribution in [0.15, 0.2) is 0 Å². The van der Waals surface area contributed by atoms with Gasteiger partial charge in [0.05, 0.1) is 12.1 Å². The van der Waals surface area contributed by atoms with Crippen LogP contribution in [0.5, 0.6) is 0 Å². The molecule has 2 fully saturated rings. The largest absolute Gasteiger partial charge is 0.376 e. The summed E-state index contributed by atoms with van der Waals surface area (Å²) in [5.74, 6) is 0.536. The Morgan fingerprint density at radius 1 is 1.41 bits per heavy atom. The lowest BCUT2D eigenvalue weighted by Crippen LogP contribution is -2.46. The summed E-state index contributed by atoms with van der Waals surface area (Å²) in [5.41, 5.74) is 0. The van der Waals surface area contributed by atoms with Crippen molar-refractivity contribution in [3.63, 3.8) is 0 Å². The standard InChI is InChI=1S/C14H25NO2/c1-3-6-11(2)14(16)15-9-5-10-17-13-8-4-7-12(13)15/h11-13H,3-10H2,1-2H3/t11-,12+,13+/m0/s1. The molecule has 1 aliphatic carbocycles. The summed E-state index contributed by atoms with van der Waals surface area (Å²) in [5, 5.41) is 0. The van der Waals surface area contributed by atoms with E-state index in [2.05, 4.69) is 18.7 Å². The zero-order valence-corrected chi connectivity index (χ0v) is 11.2. The van der Waals surface area contributed by atoms with Crippen LogP contribution < -0.4 is 0 Å². The minimum Gasteiger partial charge on any atom is -0.376 e. The molecular formula is C14H25NO2. The lowest BCUT2D eigenvalue weighted by atomic mass is 10.0. The van der Waals surface area contributed by atoms with Crippen LogP contribution in [0.1, 0.15) is 52.4 Å². The van der Waals surface area contributed by atoms with Gasteiger partial charge in [-0.05, 0) is 32.1 Å². The molecule has 0 radical (unpaired) electrons. The minimum absolute atomic E-state index is 0.180. The van der Waals surface area contributed by atoms with Crippen molar-refractivity contribution >= 4 is 5.91 Å². The third-order valence-electron chi connectivity index (χ3n) is 4.12. The van der Waals surface area contributed by atoms with E-state index in [0.29, 0.717) is 18.1 Å². The van der Waals surface area contributed by atoms with Gasteiger partial charge in [-0.3, -0.25) is 4.79 Å². The number of carbonyl (C=O) groups is 1. The number of hydrogen-bond acceptors (Lipinski definition) is 2. The van der Waals surface area contributed by atoms with E-state index in [-0.39, 0.29) is 5.92 Å². The normalized spacial score (nSPS) is 30.8. The van der Waals surface area contributed by atoms with E-state index in [9.17, 15) is 4.79 Å². The first-order chi connectivity index (χ1) is 8.24. The molecule has 0 spiro atoms. The predicted octanol–water partition coefficient (Wildman–Crippen LogP) is 2.59. The molecule has 0 bridgehead atoms. The summed E-state index contributed by atoms with van der Waals surface area (Å²) >= 11 is 0. The van der Waals surface area contributed by atoms with Crippen molar-refractivity contribution in [2.75, 3.05) is 13.2 Å². The fourth-order valence-electron chi connectivity index (χ4n) is 3.21. The lowest BCUT2D eigenvalue weighted by molar-refractivity contribution is -0.138. The van der Waals surface area contributed by atoms with E-state index >= 15 is 0 Å². The fourth-order valence-corrected chi connectivity index (χ4v) is 3.21. The monoisotopic (exact) mass is 239 g/mol. The maximum Gasteiger partial charge on any atom is 0.225 e. The van der Waals surface area contributed by atoms with E-state index in [1.807, 2.05) is 0 Å². The molecule has 0 N–H and O–H groups in total. The van der Waals surface area contributed by atoms with Gasteiger partial charge in [0.1, 0.15) is 0 Å². The molecule has 1 saturated heterocycles. The topological polar surface area (TPSA) is 29.5 Å². The maximum absolute atomic E-state index is 12.5. The van der Waals surface area contributed by atoms with Gasteiger partial charge in [-0.25, -0.2) is 0 Å². The predicted molar refractivity (Wildman–Crippen MR) is 67.8 cm³/mol. The molecule has 1 aliphatic heterocycles. The number of amides is 1. The van der Waals surface area contributed by atoms with Gasteiger partial charge >= 0.3 is 0 Å². The quantitative estimate of drug-likeness (QED) is 0.757. The summed E-state index contributed by atoms with van der Waals surface area (Å²) in [7, 11) is 0. The molecule has 2 aliphatic rings. The summed E-state index contributed by atoms with van der Waals surface area (Å²) in [6.45, 7) is 5.94. The number of hydrogen-bond donors (Lipinski definition) is 0. The van der Waals surface area contributed by atoms with E-state index in [0.717, 1.165) is 45.3 Å². The third kappa shape index (κ3) is 2.82. The van der Waals surface area contributed by atoms with Gasteiger partial charge in [0.15, 0.2) is 0 Å². The van der Waals surface area contributed by atoms with Gasteiger partial charge < -0.3 is 9.64 Å². The zero-order valence-electron chi connectivity index (χ0n) is 11.2. The van der Waals surface area contributed by atoms with Gasteiger partial charge in [0, 0.05) is 19.1 Å². The smallest absolute Gasteiger partial charge is 0.225 e. The molecule has 1 heterocycles. The first kappa shape index (κ1) is 12.9. The Hall–Kier alpha value is -0.570. The first-order valence-electron chi connectivity index (χ1n) is 7.16. The molecule has 1 amide bonds. The van der Waals surface area contributed by atoms with Gasteiger partial charge in [0.2, 0.25) is 5.91 Å². The molecule has 0 unspecified atom stereocenters. The van der Waals surface area contributed by atoms with Crippen molar-refractivity contribution in [1.82, 2.24) is 4.90 Å². The van der Waals surface area contributed by atoms with Gasteiger partial charge in [-0.15, -0.1) is 0 Å². The summed E-state index contributed by atoms with van der Waals surface area (Å²) in [6, 6.07) is 0.365. The highest BCUT2D eigenvalue weighted by atomic mass is 16.5. The highest BCUT2D eigenvalue weighted by Gasteiger charge is 2.37. The number of nitrogens with zero attached hydrogens (tertiary/aromatic N) is 1. The molecule has 17 heavy (non-hydrogen) atoms. The molecule has 3 nitrogen and oxygen atoms in total. The lowest BCUT2D eigenvalue weighted by Gasteiger charge is -2.32. The number of carbonyl (C=O) groups excluding carboxylic acids is 1. The molecule has 0 aromatic rings. The second-order valence-corrected chi connectivity index (χ2v) is 5.48. The third-order valence-corrected chi connectivity index (χ3v) is 4.12. The second-order valence-electron chi connectivity index (χ2n) is 5.48. The molecule has 0 aromatic heterocycles. The Morgan fingerprint density at radius 2 is 2.24 bits per heavy atom. The Kier molecular flexibility index (Phi) is 4.43. The fraction of sp³-hybridized carbons (Fsp3) is 0.929. The Balaban J connectivity index is 2.03.